The predicted octanol–water partition coefficient (Wildman–Crippen LogP) is 8.00. The van der Waals surface area contributed by atoms with E-state index in [1.165, 1.54) is 5.56 Å². The van der Waals surface area contributed by atoms with Gasteiger partial charge in [0.25, 0.3) is 0 Å². The van der Waals surface area contributed by atoms with Crippen LogP contribution in [0.5, 0.6) is 0 Å². The van der Waals surface area contributed by atoms with Crippen LogP contribution < -0.4 is 5.32 Å². The minimum atomic E-state index is -0.272. The molecule has 1 aliphatic heterocycles. The quantitative estimate of drug-likeness (QED) is 0.0477. The lowest BCUT2D eigenvalue weighted by atomic mass is 9.80. The highest BCUT2D eigenvalue weighted by atomic mass is 79.9. The van der Waals surface area contributed by atoms with Gasteiger partial charge in [-0.1, -0.05) is 90.7 Å². The fourth-order valence-electron chi connectivity index (χ4n) is 6.10. The molecule has 0 radical (unpaired) electrons. The minimum Gasteiger partial charge on any atom is -0.458 e. The van der Waals surface area contributed by atoms with E-state index < -0.39 is 0 Å². The maximum atomic E-state index is 12.8. The van der Waals surface area contributed by atoms with Crippen LogP contribution in [0, 0.1) is 11.8 Å². The summed E-state index contributed by atoms with van der Waals surface area (Å²) in [7, 11) is -0.142. The summed E-state index contributed by atoms with van der Waals surface area (Å²) in [6.07, 6.45) is 21.1. The van der Waals surface area contributed by atoms with Crippen molar-refractivity contribution in [3.8, 4) is 0 Å². The normalized spacial score (nSPS) is 22.3. The molecule has 2 bridgehead atoms. The molecular formula is C35H53BBrNO5. The van der Waals surface area contributed by atoms with Gasteiger partial charge in [0.1, 0.15) is 6.10 Å². The average Bonchev–Trinajstić information content (AvgIpc) is 3.25. The molecule has 6 nitrogen and oxygen atoms in total. The zero-order valence-corrected chi connectivity index (χ0v) is 28.0. The third-order valence-corrected chi connectivity index (χ3v) is 9.00. The van der Waals surface area contributed by atoms with E-state index in [-0.39, 0.29) is 43.2 Å². The predicted molar refractivity (Wildman–Crippen MR) is 179 cm³/mol. The number of ether oxygens (including phenoxy) is 1. The zero-order valence-electron chi connectivity index (χ0n) is 26.4. The van der Waals surface area contributed by atoms with E-state index in [9.17, 15) is 9.59 Å². The van der Waals surface area contributed by atoms with Crippen molar-refractivity contribution in [2.45, 2.75) is 122 Å². The van der Waals surface area contributed by atoms with Crippen LogP contribution in [0.25, 0.3) is 0 Å². The highest BCUT2D eigenvalue weighted by Gasteiger charge is 2.49. The number of hydrogen-bond donors (Lipinski definition) is 1. The van der Waals surface area contributed by atoms with Gasteiger partial charge in [-0.05, 0) is 82.2 Å². The van der Waals surface area contributed by atoms with Gasteiger partial charge in [-0.15, -0.1) is 0 Å². The Morgan fingerprint density at radius 3 is 2.63 bits per heavy atom. The van der Waals surface area contributed by atoms with E-state index in [0.717, 1.165) is 82.3 Å². The van der Waals surface area contributed by atoms with Gasteiger partial charge in [-0.2, -0.15) is 0 Å². The summed E-state index contributed by atoms with van der Waals surface area (Å²) in [5.41, 5.74) is 1.25. The molecule has 2 aliphatic rings. The number of alkyl halides is 1. The number of unbranched alkanes of at least 4 members (excludes halogenated alkanes) is 4. The van der Waals surface area contributed by atoms with Crippen molar-refractivity contribution in [1.29, 1.82) is 0 Å². The second-order valence-electron chi connectivity index (χ2n) is 11.9. The lowest BCUT2D eigenvalue weighted by molar-refractivity contribution is -0.147. The number of aryl methyl sites for hydroxylation is 1. The number of halogens is 1. The summed E-state index contributed by atoms with van der Waals surface area (Å²) >= 11 is 3.47. The summed E-state index contributed by atoms with van der Waals surface area (Å²) in [6.45, 7) is 4.82. The molecule has 5 atom stereocenters. The van der Waals surface area contributed by atoms with Crippen LogP contribution >= 0.6 is 15.9 Å². The SMILES string of the molecule is CCCCB1OC2CC(O1)[C@H](C/C=C\CCCC(=O)NCC)[C@H]2/C=C/[C@@H](CCc1ccccc1)OC(=O)CCCCCBr. The Morgan fingerprint density at radius 2 is 1.86 bits per heavy atom. The molecular weight excluding hydrogens is 605 g/mol. The number of amides is 1. The number of rotatable bonds is 21. The van der Waals surface area contributed by atoms with Crippen molar-refractivity contribution < 1.29 is 23.6 Å². The first kappa shape index (κ1) is 35.6. The first-order valence-corrected chi connectivity index (χ1v) is 17.9. The Bertz CT molecular complexity index is 990. The molecule has 43 heavy (non-hydrogen) atoms. The molecule has 1 amide bonds. The molecule has 1 N–H and O–H groups in total. The van der Waals surface area contributed by atoms with E-state index in [1.807, 2.05) is 13.0 Å². The number of hydrogen-bond acceptors (Lipinski definition) is 5. The topological polar surface area (TPSA) is 73.9 Å². The van der Waals surface area contributed by atoms with Crippen molar-refractivity contribution in [3.05, 3.63) is 60.2 Å². The van der Waals surface area contributed by atoms with Crippen LogP contribution in [0.3, 0.4) is 0 Å². The van der Waals surface area contributed by atoms with Gasteiger partial charge < -0.3 is 19.4 Å². The number of benzene rings is 1. The molecule has 1 aromatic rings. The Hall–Kier alpha value is -1.90. The fraction of sp³-hybridized carbons (Fsp3) is 0.657. The van der Waals surface area contributed by atoms with Crippen molar-refractivity contribution in [1.82, 2.24) is 5.32 Å². The van der Waals surface area contributed by atoms with E-state index in [1.54, 1.807) is 0 Å². The molecule has 2 unspecified atom stereocenters. The first-order chi connectivity index (χ1) is 21.0. The van der Waals surface area contributed by atoms with Gasteiger partial charge in [-0.3, -0.25) is 9.59 Å². The largest absolute Gasteiger partial charge is 0.458 e. The number of allylic oxidation sites excluding steroid dienone is 2. The van der Waals surface area contributed by atoms with Crippen LogP contribution in [0.1, 0.15) is 96.5 Å². The van der Waals surface area contributed by atoms with Crippen molar-refractivity contribution >= 4 is 34.9 Å². The number of fused-ring (bicyclic) bond motifs is 2. The molecule has 1 saturated heterocycles. The van der Waals surface area contributed by atoms with Crippen LogP contribution in [0.15, 0.2) is 54.6 Å². The van der Waals surface area contributed by atoms with Crippen LogP contribution in [-0.4, -0.2) is 49.2 Å². The zero-order chi connectivity index (χ0) is 30.7. The summed E-state index contributed by atoms with van der Waals surface area (Å²) in [5.74, 6) is 0.514. The standard InChI is InChI=1S/C35H53BBrNO5/c1-3-5-25-36-42-32-27-33(43-36)31(30(32)18-12-6-7-13-19-34(39)38-4-2)24-23-29(22-21-28-16-10-8-11-17-28)41-35(40)20-14-9-15-26-37/h6,8,10-12,16-17,23-24,29-33H,3-5,7,9,13-15,18-22,25-27H2,1-2H3,(H,38,39)/b12-6-,24-23+/t29-,30-,31-,32?,33?/m1/s1. The van der Waals surface area contributed by atoms with Crippen molar-refractivity contribution in [3.63, 3.8) is 0 Å². The number of esters is 1. The molecule has 238 valence electrons. The van der Waals surface area contributed by atoms with Gasteiger partial charge in [0, 0.05) is 36.7 Å². The maximum absolute atomic E-state index is 12.8. The summed E-state index contributed by atoms with van der Waals surface area (Å²) in [6, 6.07) is 10.4. The van der Waals surface area contributed by atoms with Crippen LogP contribution in [0.2, 0.25) is 6.32 Å². The van der Waals surface area contributed by atoms with Crippen molar-refractivity contribution in [2.75, 3.05) is 11.9 Å². The third-order valence-electron chi connectivity index (χ3n) is 8.44. The molecule has 3 rings (SSSR count). The number of carbonyl (C=O) groups excluding carboxylic acids is 2. The highest BCUT2D eigenvalue weighted by molar-refractivity contribution is 9.09. The van der Waals surface area contributed by atoms with E-state index in [0.29, 0.717) is 25.3 Å². The van der Waals surface area contributed by atoms with E-state index >= 15 is 0 Å². The van der Waals surface area contributed by atoms with Crippen LogP contribution in [0.4, 0.5) is 0 Å². The second-order valence-corrected chi connectivity index (χ2v) is 12.7. The molecule has 8 heteroatoms. The molecule has 1 aliphatic carbocycles. The Balaban J connectivity index is 1.67. The van der Waals surface area contributed by atoms with Gasteiger partial charge in [-0.25, -0.2) is 0 Å². The summed E-state index contributed by atoms with van der Waals surface area (Å²) < 4.78 is 19.0. The van der Waals surface area contributed by atoms with Crippen LogP contribution in [-0.2, 0) is 30.1 Å². The Labute approximate surface area is 269 Å². The highest BCUT2D eigenvalue weighted by Crippen LogP contribution is 2.44. The molecule has 1 aromatic carbocycles. The number of nitrogens with one attached hydrogen (secondary N) is 1. The second kappa shape index (κ2) is 21.0. The van der Waals surface area contributed by atoms with E-state index in [2.05, 4.69) is 76.7 Å². The minimum absolute atomic E-state index is 0.114. The van der Waals surface area contributed by atoms with Crippen molar-refractivity contribution in [2.24, 2.45) is 11.8 Å². The van der Waals surface area contributed by atoms with Gasteiger partial charge in [0.05, 0.1) is 6.10 Å². The summed E-state index contributed by atoms with van der Waals surface area (Å²) in [4.78, 5) is 24.5. The first-order valence-electron chi connectivity index (χ1n) is 16.7. The van der Waals surface area contributed by atoms with Gasteiger partial charge >= 0.3 is 13.1 Å². The molecule has 2 fully saturated rings. The molecule has 0 spiro atoms. The molecule has 1 saturated carbocycles. The van der Waals surface area contributed by atoms with Gasteiger partial charge in [0.15, 0.2) is 0 Å². The van der Waals surface area contributed by atoms with E-state index in [4.69, 9.17) is 14.0 Å². The lowest BCUT2D eigenvalue weighted by Crippen LogP contribution is -2.37. The average molecular weight is 659 g/mol. The molecule has 1 heterocycles. The summed E-state index contributed by atoms with van der Waals surface area (Å²) in [5, 5.41) is 3.83. The Morgan fingerprint density at radius 1 is 1.05 bits per heavy atom. The maximum Gasteiger partial charge on any atom is 0.457 e. The van der Waals surface area contributed by atoms with Gasteiger partial charge in [0.2, 0.25) is 5.91 Å². The number of carbonyl (C=O) groups is 2. The smallest absolute Gasteiger partial charge is 0.457 e. The monoisotopic (exact) mass is 657 g/mol. The third kappa shape index (κ3) is 13.3. The Kier molecular flexibility index (Phi) is 17.3. The fourth-order valence-corrected chi connectivity index (χ4v) is 6.49. The molecule has 0 aromatic heterocycles. The lowest BCUT2D eigenvalue weighted by Gasteiger charge is -2.27.